The quantitative estimate of drug-likeness (QED) is 0.805. The van der Waals surface area contributed by atoms with Gasteiger partial charge in [-0.15, -0.1) is 11.8 Å². The van der Waals surface area contributed by atoms with Gasteiger partial charge in [-0.2, -0.15) is 0 Å². The maximum Gasteiger partial charge on any atom is 0.332 e. The van der Waals surface area contributed by atoms with E-state index in [2.05, 4.69) is 0 Å². The Hall–Kier alpha value is -2.40. The molecule has 0 saturated carbocycles. The van der Waals surface area contributed by atoms with Crippen molar-refractivity contribution in [1.29, 1.82) is 0 Å². The first-order valence-electron chi connectivity index (χ1n) is 7.49. The van der Waals surface area contributed by atoms with Gasteiger partial charge < -0.3 is 5.11 Å². The number of aromatic hydroxyl groups is 1. The molecule has 2 heterocycles. The van der Waals surface area contributed by atoms with E-state index < -0.39 is 0 Å². The molecule has 0 bridgehead atoms. The third kappa shape index (κ3) is 2.37. The topological polar surface area (TPSA) is 47.2 Å². The highest BCUT2D eigenvalue weighted by molar-refractivity contribution is 7.99. The molecule has 3 aromatic rings. The van der Waals surface area contributed by atoms with Crippen LogP contribution in [0.3, 0.4) is 0 Å². The summed E-state index contributed by atoms with van der Waals surface area (Å²) in [6.45, 7) is 0.387. The first-order chi connectivity index (χ1) is 11.3. The van der Waals surface area contributed by atoms with Gasteiger partial charge in [-0.1, -0.05) is 60.7 Å². The summed E-state index contributed by atoms with van der Waals surface area (Å²) in [4.78, 5) is 12.8. The largest absolute Gasteiger partial charge is 0.493 e. The molecule has 4 rings (SSSR count). The number of fused-ring (bicyclic) bond motifs is 1. The fourth-order valence-electron chi connectivity index (χ4n) is 2.98. The molecule has 0 aliphatic carbocycles. The summed E-state index contributed by atoms with van der Waals surface area (Å²) in [5.41, 5.74) is 2.64. The monoisotopic (exact) mass is 324 g/mol. The van der Waals surface area contributed by atoms with Crippen molar-refractivity contribution >= 4 is 11.8 Å². The molecule has 0 amide bonds. The zero-order valence-electron chi connectivity index (χ0n) is 12.4. The SMILES string of the molecule is O=c1n(Cc2ccccc2)c(O)c2n1C(c1ccccc1)SC2. The van der Waals surface area contributed by atoms with E-state index in [0.717, 1.165) is 11.1 Å². The van der Waals surface area contributed by atoms with Crippen LogP contribution in [0.25, 0.3) is 0 Å². The third-order valence-electron chi connectivity index (χ3n) is 4.12. The van der Waals surface area contributed by atoms with Crippen molar-refractivity contribution in [2.75, 3.05) is 0 Å². The summed E-state index contributed by atoms with van der Waals surface area (Å²) in [5.74, 6) is 0.729. The number of hydrogen-bond acceptors (Lipinski definition) is 3. The number of imidazole rings is 1. The molecular weight excluding hydrogens is 308 g/mol. The summed E-state index contributed by atoms with van der Waals surface area (Å²) in [5, 5.41) is 10.4. The number of rotatable bonds is 3. The molecule has 0 spiro atoms. The van der Waals surface area contributed by atoms with Gasteiger partial charge in [0.1, 0.15) is 5.37 Å². The number of nitrogens with zero attached hydrogens (tertiary/aromatic N) is 2. The summed E-state index contributed by atoms with van der Waals surface area (Å²) < 4.78 is 3.18. The van der Waals surface area contributed by atoms with Crippen LogP contribution in [0, 0.1) is 0 Å². The van der Waals surface area contributed by atoms with Crippen molar-refractivity contribution in [2.24, 2.45) is 0 Å². The Morgan fingerprint density at radius 1 is 1.04 bits per heavy atom. The van der Waals surface area contributed by atoms with Crippen molar-refractivity contribution in [1.82, 2.24) is 9.13 Å². The maximum absolute atomic E-state index is 12.8. The fraction of sp³-hybridized carbons (Fsp3) is 0.167. The van der Waals surface area contributed by atoms with Crippen LogP contribution < -0.4 is 5.69 Å². The van der Waals surface area contributed by atoms with Gasteiger partial charge in [0, 0.05) is 5.75 Å². The third-order valence-corrected chi connectivity index (χ3v) is 5.36. The molecule has 5 heteroatoms. The van der Waals surface area contributed by atoms with Crippen molar-refractivity contribution in [2.45, 2.75) is 17.7 Å². The highest BCUT2D eigenvalue weighted by Crippen LogP contribution is 2.42. The van der Waals surface area contributed by atoms with Crippen LogP contribution in [0.2, 0.25) is 0 Å². The minimum atomic E-state index is -0.153. The van der Waals surface area contributed by atoms with Gasteiger partial charge in [0.05, 0.1) is 12.2 Å². The maximum atomic E-state index is 12.8. The predicted octanol–water partition coefficient (Wildman–Crippen LogP) is 3.20. The van der Waals surface area contributed by atoms with E-state index in [0.29, 0.717) is 18.0 Å². The van der Waals surface area contributed by atoms with Gasteiger partial charge in [0.25, 0.3) is 0 Å². The molecule has 116 valence electrons. The first kappa shape index (κ1) is 14.2. The zero-order chi connectivity index (χ0) is 15.8. The Morgan fingerprint density at radius 3 is 2.39 bits per heavy atom. The van der Waals surface area contributed by atoms with Gasteiger partial charge >= 0.3 is 5.69 Å². The molecule has 0 saturated heterocycles. The van der Waals surface area contributed by atoms with E-state index in [1.54, 1.807) is 16.3 Å². The van der Waals surface area contributed by atoms with Crippen molar-refractivity contribution in [3.05, 3.63) is 88.0 Å². The average Bonchev–Trinajstić information content (AvgIpc) is 3.13. The first-order valence-corrected chi connectivity index (χ1v) is 8.54. The summed E-state index contributed by atoms with van der Waals surface area (Å²) in [6.07, 6.45) is 0. The van der Waals surface area contributed by atoms with E-state index in [9.17, 15) is 9.90 Å². The molecule has 1 aliphatic rings. The van der Waals surface area contributed by atoms with Crippen LogP contribution in [0.1, 0.15) is 22.2 Å². The summed E-state index contributed by atoms with van der Waals surface area (Å²) >= 11 is 1.66. The standard InChI is InChI=1S/C18H16N2O2S/c21-16-15-12-23-17(14-9-5-2-6-10-14)20(15)18(22)19(16)11-13-7-3-1-4-8-13/h1-10,17,21H,11-12H2. The number of benzene rings is 2. The fourth-order valence-corrected chi connectivity index (χ4v) is 4.28. The summed E-state index contributed by atoms with van der Waals surface area (Å²) in [7, 11) is 0. The molecule has 1 atom stereocenters. The Morgan fingerprint density at radius 2 is 1.70 bits per heavy atom. The van der Waals surface area contributed by atoms with Crippen LogP contribution in [-0.4, -0.2) is 14.2 Å². The normalized spacial score (nSPS) is 16.4. The Balaban J connectivity index is 1.77. The lowest BCUT2D eigenvalue weighted by molar-refractivity contribution is 0.418. The Bertz CT molecular complexity index is 885. The number of hydrogen-bond donors (Lipinski definition) is 1. The molecule has 2 aromatic carbocycles. The highest BCUT2D eigenvalue weighted by atomic mass is 32.2. The molecule has 0 fully saturated rings. The molecule has 1 aliphatic heterocycles. The van der Waals surface area contributed by atoms with Crippen LogP contribution in [0.5, 0.6) is 5.88 Å². The van der Waals surface area contributed by atoms with Gasteiger partial charge in [0.2, 0.25) is 5.88 Å². The smallest absolute Gasteiger partial charge is 0.332 e. The Labute approximate surface area is 138 Å². The van der Waals surface area contributed by atoms with E-state index in [4.69, 9.17) is 0 Å². The van der Waals surface area contributed by atoms with Crippen molar-refractivity contribution in [3.8, 4) is 5.88 Å². The van der Waals surface area contributed by atoms with Gasteiger partial charge in [0.15, 0.2) is 0 Å². The lowest BCUT2D eigenvalue weighted by Gasteiger charge is -2.11. The molecular formula is C18H16N2O2S. The minimum absolute atomic E-state index is 0.0679. The lowest BCUT2D eigenvalue weighted by atomic mass is 10.2. The molecule has 1 N–H and O–H groups in total. The molecule has 4 nitrogen and oxygen atoms in total. The number of aromatic nitrogens is 2. The predicted molar refractivity (Wildman–Crippen MR) is 91.8 cm³/mol. The number of thioether (sulfide) groups is 1. The minimum Gasteiger partial charge on any atom is -0.493 e. The second-order valence-corrected chi connectivity index (χ2v) is 6.64. The van der Waals surface area contributed by atoms with Crippen LogP contribution in [0.4, 0.5) is 0 Å². The lowest BCUT2D eigenvalue weighted by Crippen LogP contribution is -2.26. The average molecular weight is 324 g/mol. The van der Waals surface area contributed by atoms with Gasteiger partial charge in [-0.3, -0.25) is 9.13 Å². The molecule has 0 radical (unpaired) electrons. The molecule has 23 heavy (non-hydrogen) atoms. The second kappa shape index (κ2) is 5.66. The Kier molecular flexibility index (Phi) is 3.50. The molecule has 1 aromatic heterocycles. The van der Waals surface area contributed by atoms with Gasteiger partial charge in [-0.05, 0) is 11.1 Å². The van der Waals surface area contributed by atoms with Gasteiger partial charge in [-0.25, -0.2) is 4.79 Å². The summed E-state index contributed by atoms with van der Waals surface area (Å²) in [6, 6.07) is 19.7. The van der Waals surface area contributed by atoms with E-state index >= 15 is 0 Å². The van der Waals surface area contributed by atoms with Crippen molar-refractivity contribution in [3.63, 3.8) is 0 Å². The second-order valence-electron chi connectivity index (χ2n) is 5.57. The molecule has 1 unspecified atom stereocenters. The zero-order valence-corrected chi connectivity index (χ0v) is 13.2. The van der Waals surface area contributed by atoms with Crippen molar-refractivity contribution < 1.29 is 5.11 Å². The van der Waals surface area contributed by atoms with E-state index in [-0.39, 0.29) is 16.9 Å². The van der Waals surface area contributed by atoms with Crippen LogP contribution in [0.15, 0.2) is 65.5 Å². The van der Waals surface area contributed by atoms with Crippen LogP contribution in [-0.2, 0) is 12.3 Å². The highest BCUT2D eigenvalue weighted by Gasteiger charge is 2.32. The van der Waals surface area contributed by atoms with E-state index in [1.807, 2.05) is 60.7 Å². The van der Waals surface area contributed by atoms with Crippen LogP contribution >= 0.6 is 11.8 Å². The van der Waals surface area contributed by atoms with E-state index in [1.165, 1.54) is 4.57 Å².